The molecule has 0 saturated carbocycles. The number of aryl methyl sites for hydroxylation is 1. The van der Waals surface area contributed by atoms with Gasteiger partial charge in [-0.25, -0.2) is 23.4 Å². The Morgan fingerprint density at radius 2 is 1.92 bits per heavy atom. The van der Waals surface area contributed by atoms with E-state index < -0.39 is 12.0 Å². The number of benzene rings is 2. The third kappa shape index (κ3) is 3.94. The summed E-state index contributed by atoms with van der Waals surface area (Å²) in [4.78, 5) is 13.5. The van der Waals surface area contributed by atoms with Gasteiger partial charge in [-0.1, -0.05) is 17.3 Å². The number of likely N-dealkylation sites (N-methyl/N-ethyl adjacent to an activating group) is 1. The number of anilines is 1. The summed E-state index contributed by atoms with van der Waals surface area (Å²) in [5.74, 6) is 0.0799. The fraction of sp³-hybridized carbons (Fsp3) is 0.296. The molecule has 11 heteroatoms. The molecule has 0 spiro atoms. The quantitative estimate of drug-likeness (QED) is 0.361. The largest absolute Gasteiger partial charge is 0.349 e. The second-order valence-electron chi connectivity index (χ2n) is 9.83. The number of imidazole rings is 1. The monoisotopic (exact) mass is 513 g/mol. The van der Waals surface area contributed by atoms with Gasteiger partial charge in [0, 0.05) is 49.2 Å². The third-order valence-electron chi connectivity index (χ3n) is 7.17. The number of hydrogen-bond donors (Lipinski definition) is 0. The Labute approximate surface area is 217 Å². The van der Waals surface area contributed by atoms with Gasteiger partial charge in [0.05, 0.1) is 35.1 Å². The van der Waals surface area contributed by atoms with Crippen LogP contribution in [0.25, 0.3) is 39.2 Å². The van der Waals surface area contributed by atoms with E-state index in [9.17, 15) is 9.65 Å². The molecular formula is C27H25F2N9. The molecule has 0 radical (unpaired) electrons. The van der Waals surface area contributed by atoms with E-state index in [4.69, 9.17) is 4.98 Å². The first-order chi connectivity index (χ1) is 18.3. The van der Waals surface area contributed by atoms with Crippen LogP contribution >= 0.6 is 0 Å². The Morgan fingerprint density at radius 3 is 2.66 bits per heavy atom. The standard InChI is InChI=1S/C27H25F2N9/c1-35(2)19-10-18(28)14-37(15-19)26-27-32-24(17-6-4-16(13-30)5-7-17)25(38(27)9-8-31-26)20-11-22-23(12-21(20)29)36(3)34-33-22/h4-9,11-12,18-19H,10,14-15H2,1-3H3/t18-,19-/m1/s1. The van der Waals surface area contributed by atoms with Gasteiger partial charge in [-0.2, -0.15) is 5.26 Å². The van der Waals surface area contributed by atoms with Crippen molar-refractivity contribution in [2.24, 2.45) is 7.05 Å². The lowest BCUT2D eigenvalue weighted by molar-refractivity contribution is 0.182. The first-order valence-electron chi connectivity index (χ1n) is 12.3. The van der Waals surface area contributed by atoms with Gasteiger partial charge >= 0.3 is 0 Å². The number of nitrogens with zero attached hydrogens (tertiary/aromatic N) is 9. The van der Waals surface area contributed by atoms with Crippen LogP contribution in [0.3, 0.4) is 0 Å². The maximum absolute atomic E-state index is 15.7. The van der Waals surface area contributed by atoms with Gasteiger partial charge in [0.2, 0.25) is 0 Å². The molecule has 1 aliphatic rings. The molecule has 38 heavy (non-hydrogen) atoms. The summed E-state index contributed by atoms with van der Waals surface area (Å²) >= 11 is 0. The van der Waals surface area contributed by atoms with Gasteiger partial charge in [-0.15, -0.1) is 5.10 Å². The summed E-state index contributed by atoms with van der Waals surface area (Å²) in [5, 5.41) is 17.5. The van der Waals surface area contributed by atoms with Crippen molar-refractivity contribution in [2.45, 2.75) is 18.6 Å². The number of alkyl halides is 1. The van der Waals surface area contributed by atoms with Gasteiger partial charge in [-0.3, -0.25) is 4.40 Å². The minimum absolute atomic E-state index is 0.0183. The van der Waals surface area contributed by atoms with Crippen molar-refractivity contribution < 1.29 is 8.78 Å². The molecule has 0 bridgehead atoms. The summed E-state index contributed by atoms with van der Waals surface area (Å²) in [7, 11) is 5.59. The van der Waals surface area contributed by atoms with Gasteiger partial charge in [0.15, 0.2) is 11.5 Å². The Morgan fingerprint density at radius 1 is 1.13 bits per heavy atom. The number of piperidine rings is 1. The molecule has 9 nitrogen and oxygen atoms in total. The molecule has 1 fully saturated rings. The van der Waals surface area contributed by atoms with Crippen molar-refractivity contribution in [3.8, 4) is 28.6 Å². The van der Waals surface area contributed by atoms with E-state index in [1.54, 1.807) is 54.2 Å². The molecule has 1 aliphatic heterocycles. The molecule has 2 aromatic carbocycles. The molecule has 5 aromatic rings. The average molecular weight is 514 g/mol. The van der Waals surface area contributed by atoms with E-state index >= 15 is 4.39 Å². The minimum Gasteiger partial charge on any atom is -0.349 e. The molecule has 0 N–H and O–H groups in total. The van der Waals surface area contributed by atoms with Crippen molar-refractivity contribution in [3.63, 3.8) is 0 Å². The predicted molar refractivity (Wildman–Crippen MR) is 140 cm³/mol. The van der Waals surface area contributed by atoms with Gasteiger partial charge in [0.1, 0.15) is 17.5 Å². The highest BCUT2D eigenvalue weighted by molar-refractivity contribution is 5.89. The van der Waals surface area contributed by atoms with Crippen LogP contribution < -0.4 is 4.90 Å². The Balaban J connectivity index is 1.59. The molecule has 4 heterocycles. The predicted octanol–water partition coefficient (Wildman–Crippen LogP) is 3.83. The number of aromatic nitrogens is 6. The van der Waals surface area contributed by atoms with Crippen LogP contribution in [0, 0.1) is 17.1 Å². The van der Waals surface area contributed by atoms with E-state index in [1.807, 2.05) is 23.9 Å². The SMILES string of the molecule is CN(C)[C@@H]1C[C@@H](F)CN(c2nccn3c(-c4cc5nnn(C)c5cc4F)c(-c4ccc(C#N)cc4)nc23)C1. The molecule has 6 rings (SSSR count). The smallest absolute Gasteiger partial charge is 0.181 e. The molecule has 0 unspecified atom stereocenters. The lowest BCUT2D eigenvalue weighted by Crippen LogP contribution is -2.50. The molecule has 0 aliphatic carbocycles. The number of nitriles is 1. The molecule has 1 saturated heterocycles. The van der Waals surface area contributed by atoms with Crippen LogP contribution in [0.2, 0.25) is 0 Å². The fourth-order valence-electron chi connectivity index (χ4n) is 5.14. The minimum atomic E-state index is -1.01. The van der Waals surface area contributed by atoms with E-state index in [0.29, 0.717) is 63.5 Å². The first kappa shape index (κ1) is 23.9. The van der Waals surface area contributed by atoms with Gasteiger partial charge in [-0.05, 0) is 38.7 Å². The van der Waals surface area contributed by atoms with Crippen LogP contribution in [-0.4, -0.2) is 73.7 Å². The average Bonchev–Trinajstić information content (AvgIpc) is 3.48. The summed E-state index contributed by atoms with van der Waals surface area (Å²) < 4.78 is 33.8. The Hall–Kier alpha value is -4.43. The number of fused-ring (bicyclic) bond motifs is 2. The van der Waals surface area contributed by atoms with Crippen LogP contribution in [0.4, 0.5) is 14.6 Å². The van der Waals surface area contributed by atoms with Crippen LogP contribution in [-0.2, 0) is 7.05 Å². The molecule has 192 valence electrons. The van der Waals surface area contributed by atoms with E-state index in [0.717, 1.165) is 0 Å². The van der Waals surface area contributed by atoms with Crippen molar-refractivity contribution >= 4 is 22.5 Å². The van der Waals surface area contributed by atoms with Crippen molar-refractivity contribution in [1.29, 1.82) is 5.26 Å². The Bertz CT molecular complexity index is 1700. The van der Waals surface area contributed by atoms with E-state index in [1.165, 1.54) is 10.7 Å². The normalized spacial score (nSPS) is 18.0. The fourth-order valence-corrected chi connectivity index (χ4v) is 5.14. The zero-order valence-corrected chi connectivity index (χ0v) is 21.2. The summed E-state index contributed by atoms with van der Waals surface area (Å²) in [6, 6.07) is 12.2. The number of rotatable bonds is 4. The lowest BCUT2D eigenvalue weighted by Gasteiger charge is -2.38. The highest BCUT2D eigenvalue weighted by atomic mass is 19.1. The second kappa shape index (κ2) is 9.15. The molecule has 3 aromatic heterocycles. The number of halogens is 2. The highest BCUT2D eigenvalue weighted by Crippen LogP contribution is 2.38. The zero-order chi connectivity index (χ0) is 26.6. The lowest BCUT2D eigenvalue weighted by atomic mass is 10.0. The third-order valence-corrected chi connectivity index (χ3v) is 7.17. The van der Waals surface area contributed by atoms with Crippen LogP contribution in [0.15, 0.2) is 48.8 Å². The second-order valence-corrected chi connectivity index (χ2v) is 9.83. The van der Waals surface area contributed by atoms with Gasteiger partial charge < -0.3 is 9.80 Å². The Kier molecular flexibility index (Phi) is 5.76. The van der Waals surface area contributed by atoms with Crippen LogP contribution in [0.5, 0.6) is 0 Å². The topological polar surface area (TPSA) is 91.2 Å². The molecule has 0 amide bonds. The van der Waals surface area contributed by atoms with Crippen molar-refractivity contribution in [2.75, 3.05) is 32.1 Å². The van der Waals surface area contributed by atoms with E-state index in [-0.39, 0.29) is 12.6 Å². The highest BCUT2D eigenvalue weighted by Gasteiger charge is 2.31. The van der Waals surface area contributed by atoms with E-state index in [2.05, 4.69) is 21.4 Å². The maximum atomic E-state index is 15.7. The first-order valence-corrected chi connectivity index (χ1v) is 12.3. The summed E-state index contributed by atoms with van der Waals surface area (Å²) in [6.07, 6.45) is 2.80. The molecule has 2 atom stereocenters. The molecular weight excluding hydrogens is 488 g/mol. The summed E-state index contributed by atoms with van der Waals surface area (Å²) in [6.45, 7) is 0.791. The van der Waals surface area contributed by atoms with Crippen LogP contribution in [0.1, 0.15) is 12.0 Å². The zero-order valence-electron chi connectivity index (χ0n) is 21.2. The van der Waals surface area contributed by atoms with Crippen molar-refractivity contribution in [3.05, 3.63) is 60.2 Å². The number of hydrogen-bond acceptors (Lipinski definition) is 7. The van der Waals surface area contributed by atoms with Crippen molar-refractivity contribution in [1.82, 2.24) is 34.3 Å². The maximum Gasteiger partial charge on any atom is 0.181 e. The summed E-state index contributed by atoms with van der Waals surface area (Å²) in [5.41, 5.74) is 4.15. The van der Waals surface area contributed by atoms with Gasteiger partial charge in [0.25, 0.3) is 0 Å².